The summed E-state index contributed by atoms with van der Waals surface area (Å²) in [6.07, 6.45) is -3.93. The first-order chi connectivity index (χ1) is 11.8. The molecule has 5 nitrogen and oxygen atoms in total. The summed E-state index contributed by atoms with van der Waals surface area (Å²) in [4.78, 5) is 25.6. The van der Waals surface area contributed by atoms with E-state index in [-0.39, 0.29) is 5.56 Å². The number of oxazole rings is 1. The number of H-pyrrole nitrogens is 1. The lowest BCUT2D eigenvalue weighted by molar-refractivity contribution is -0.137. The van der Waals surface area contributed by atoms with Crippen LogP contribution < -0.4 is 11.1 Å². The number of hydrogen-bond acceptors (Lipinski definition) is 3. The van der Waals surface area contributed by atoms with Crippen molar-refractivity contribution in [3.05, 3.63) is 69.7 Å². The number of aromatic amines is 1. The second kappa shape index (κ2) is 6.46. The maximum absolute atomic E-state index is 12.5. The van der Waals surface area contributed by atoms with Crippen LogP contribution in [0.4, 0.5) is 13.2 Å². The molecule has 0 aliphatic heterocycles. The van der Waals surface area contributed by atoms with E-state index in [1.165, 1.54) is 0 Å². The van der Waals surface area contributed by atoms with Crippen LogP contribution in [0.5, 0.6) is 0 Å². The Morgan fingerprint density at radius 3 is 2.52 bits per heavy atom. The minimum Gasteiger partial charge on any atom is -0.408 e. The summed E-state index contributed by atoms with van der Waals surface area (Å²) in [5, 5.41) is 2.64. The number of amides is 1. The molecule has 0 aliphatic rings. The van der Waals surface area contributed by atoms with E-state index < -0.39 is 23.4 Å². The van der Waals surface area contributed by atoms with Gasteiger partial charge in [0, 0.05) is 12.1 Å². The molecule has 25 heavy (non-hydrogen) atoms. The van der Waals surface area contributed by atoms with Gasteiger partial charge in [0.25, 0.3) is 5.91 Å². The summed E-state index contributed by atoms with van der Waals surface area (Å²) in [6.45, 7) is 0.299. The molecule has 0 saturated carbocycles. The predicted molar refractivity (Wildman–Crippen MR) is 84.3 cm³/mol. The number of fused-ring (bicyclic) bond motifs is 1. The van der Waals surface area contributed by atoms with Crippen molar-refractivity contribution in [3.8, 4) is 0 Å². The fourth-order valence-corrected chi connectivity index (χ4v) is 2.39. The summed E-state index contributed by atoms with van der Waals surface area (Å²) in [7, 11) is 0. The summed E-state index contributed by atoms with van der Waals surface area (Å²) < 4.78 is 42.4. The first-order valence-corrected chi connectivity index (χ1v) is 7.40. The average Bonchev–Trinajstić information content (AvgIpc) is 2.93. The molecule has 1 aromatic heterocycles. The van der Waals surface area contributed by atoms with E-state index in [0.717, 1.165) is 29.8 Å². The van der Waals surface area contributed by atoms with Crippen molar-refractivity contribution >= 4 is 17.0 Å². The number of hydrogen-bond donors (Lipinski definition) is 2. The van der Waals surface area contributed by atoms with Gasteiger partial charge in [-0.05, 0) is 48.4 Å². The molecule has 2 N–H and O–H groups in total. The molecule has 0 bridgehead atoms. The molecule has 2 aromatic carbocycles. The van der Waals surface area contributed by atoms with E-state index in [0.29, 0.717) is 24.1 Å². The molecule has 8 heteroatoms. The van der Waals surface area contributed by atoms with E-state index in [1.807, 2.05) is 0 Å². The Hall–Kier alpha value is -3.03. The maximum Gasteiger partial charge on any atom is 0.417 e. The van der Waals surface area contributed by atoms with Crippen molar-refractivity contribution < 1.29 is 22.4 Å². The molecule has 0 fully saturated rings. The molecule has 3 rings (SSSR count). The zero-order chi connectivity index (χ0) is 18.0. The molecule has 3 aromatic rings. The van der Waals surface area contributed by atoms with Gasteiger partial charge in [0.15, 0.2) is 5.58 Å². The van der Waals surface area contributed by atoms with Gasteiger partial charge in [-0.2, -0.15) is 13.2 Å². The van der Waals surface area contributed by atoms with E-state index in [2.05, 4.69) is 10.3 Å². The van der Waals surface area contributed by atoms with Crippen LogP contribution >= 0.6 is 0 Å². The van der Waals surface area contributed by atoms with Gasteiger partial charge in [-0.3, -0.25) is 9.78 Å². The molecule has 1 heterocycles. The molecule has 0 aliphatic carbocycles. The fraction of sp³-hybridized carbons (Fsp3) is 0.176. The van der Waals surface area contributed by atoms with Crippen LogP contribution in [0.3, 0.4) is 0 Å². The number of halogens is 3. The first-order valence-electron chi connectivity index (χ1n) is 7.40. The third-order valence-electron chi connectivity index (χ3n) is 3.66. The van der Waals surface area contributed by atoms with Crippen molar-refractivity contribution in [1.29, 1.82) is 0 Å². The van der Waals surface area contributed by atoms with Crippen LogP contribution in [0.2, 0.25) is 0 Å². The zero-order valence-corrected chi connectivity index (χ0v) is 12.8. The smallest absolute Gasteiger partial charge is 0.408 e. The summed E-state index contributed by atoms with van der Waals surface area (Å²) in [6, 6.07) is 9.19. The number of rotatable bonds is 4. The second-order valence-electron chi connectivity index (χ2n) is 5.43. The molecule has 1 amide bonds. The van der Waals surface area contributed by atoms with Gasteiger partial charge >= 0.3 is 11.9 Å². The molecule has 130 valence electrons. The normalized spacial score (nSPS) is 11.6. The summed E-state index contributed by atoms with van der Waals surface area (Å²) in [5.74, 6) is -0.991. The van der Waals surface area contributed by atoms with Crippen molar-refractivity contribution in [2.75, 3.05) is 6.54 Å². The van der Waals surface area contributed by atoms with E-state index >= 15 is 0 Å². The van der Waals surface area contributed by atoms with Crippen LogP contribution in [0.15, 0.2) is 51.7 Å². The van der Waals surface area contributed by atoms with Gasteiger partial charge in [0.2, 0.25) is 0 Å². The molecule has 0 atom stereocenters. The number of nitrogens with one attached hydrogen (secondary N) is 2. The quantitative estimate of drug-likeness (QED) is 0.759. The number of benzene rings is 2. The minimum absolute atomic E-state index is 0.155. The highest BCUT2D eigenvalue weighted by Gasteiger charge is 2.30. The maximum atomic E-state index is 12.5. The molecular weight excluding hydrogens is 337 g/mol. The Morgan fingerprint density at radius 2 is 1.84 bits per heavy atom. The Labute approximate surface area is 139 Å². The number of alkyl halides is 3. The molecule has 0 saturated heterocycles. The molecular formula is C17H13F3N2O3. The van der Waals surface area contributed by atoms with Crippen molar-refractivity contribution in [2.45, 2.75) is 12.6 Å². The van der Waals surface area contributed by atoms with E-state index in [4.69, 9.17) is 4.42 Å². The van der Waals surface area contributed by atoms with Crippen molar-refractivity contribution in [3.63, 3.8) is 0 Å². The van der Waals surface area contributed by atoms with Gasteiger partial charge < -0.3 is 9.73 Å². The molecule has 0 unspecified atom stereocenters. The number of carbonyl (C=O) groups is 1. The molecule has 0 radical (unpaired) electrons. The van der Waals surface area contributed by atoms with Crippen LogP contribution in [0, 0.1) is 0 Å². The largest absolute Gasteiger partial charge is 0.417 e. The van der Waals surface area contributed by atoms with Gasteiger partial charge in [0.1, 0.15) is 0 Å². The first kappa shape index (κ1) is 16.8. The lowest BCUT2D eigenvalue weighted by atomic mass is 10.1. The number of aromatic nitrogens is 1. The van der Waals surface area contributed by atoms with E-state index in [9.17, 15) is 22.8 Å². The van der Waals surface area contributed by atoms with E-state index in [1.54, 1.807) is 18.2 Å². The highest BCUT2D eigenvalue weighted by Crippen LogP contribution is 2.29. The van der Waals surface area contributed by atoms with Crippen LogP contribution in [-0.4, -0.2) is 17.4 Å². The van der Waals surface area contributed by atoms with Crippen LogP contribution in [0.1, 0.15) is 21.5 Å². The predicted octanol–water partition coefficient (Wildman–Crippen LogP) is 3.11. The van der Waals surface area contributed by atoms with Gasteiger partial charge in [-0.1, -0.05) is 6.07 Å². The van der Waals surface area contributed by atoms with Crippen molar-refractivity contribution in [1.82, 2.24) is 10.3 Å². The molecule has 0 spiro atoms. The SMILES string of the molecule is O=C(NCCc1ccc2oc(=O)[nH]c2c1)c1ccc(C(F)(F)F)cc1. The third-order valence-corrected chi connectivity index (χ3v) is 3.66. The Balaban J connectivity index is 1.59. The third kappa shape index (κ3) is 3.90. The Kier molecular flexibility index (Phi) is 4.35. The average molecular weight is 350 g/mol. The Morgan fingerprint density at radius 1 is 1.12 bits per heavy atom. The summed E-state index contributed by atoms with van der Waals surface area (Å²) >= 11 is 0. The fourth-order valence-electron chi connectivity index (χ4n) is 2.39. The lowest BCUT2D eigenvalue weighted by Gasteiger charge is -2.08. The highest BCUT2D eigenvalue weighted by molar-refractivity contribution is 5.94. The highest BCUT2D eigenvalue weighted by atomic mass is 19.4. The van der Waals surface area contributed by atoms with Crippen molar-refractivity contribution in [2.24, 2.45) is 0 Å². The van der Waals surface area contributed by atoms with Gasteiger partial charge in [-0.15, -0.1) is 0 Å². The minimum atomic E-state index is -4.43. The monoisotopic (exact) mass is 350 g/mol. The van der Waals surface area contributed by atoms with Gasteiger partial charge in [0.05, 0.1) is 11.1 Å². The lowest BCUT2D eigenvalue weighted by Crippen LogP contribution is -2.25. The topological polar surface area (TPSA) is 75.1 Å². The van der Waals surface area contributed by atoms with Crippen LogP contribution in [0.25, 0.3) is 11.1 Å². The number of carbonyl (C=O) groups excluding carboxylic acids is 1. The standard InChI is InChI=1S/C17H13F3N2O3/c18-17(19,20)12-4-2-11(3-5-12)15(23)21-8-7-10-1-6-14-13(9-10)22-16(24)25-14/h1-6,9H,7-8H2,(H,21,23)(H,22,24). The second-order valence-corrected chi connectivity index (χ2v) is 5.43. The zero-order valence-electron chi connectivity index (χ0n) is 12.8. The van der Waals surface area contributed by atoms with Gasteiger partial charge in [-0.25, -0.2) is 4.79 Å². The Bertz CT molecular complexity index is 956. The van der Waals surface area contributed by atoms with Crippen LogP contribution in [-0.2, 0) is 12.6 Å². The summed E-state index contributed by atoms with van der Waals surface area (Å²) in [5.41, 5.74) is 1.24.